The molecule has 0 radical (unpaired) electrons. The van der Waals surface area contributed by atoms with E-state index in [4.69, 9.17) is 14.7 Å². The van der Waals surface area contributed by atoms with Gasteiger partial charge in [0.25, 0.3) is 0 Å². The fourth-order valence-electron chi connectivity index (χ4n) is 2.10. The van der Waals surface area contributed by atoms with Crippen LogP contribution < -0.4 is 5.32 Å². The zero-order valence-corrected chi connectivity index (χ0v) is 11.6. The van der Waals surface area contributed by atoms with Gasteiger partial charge in [-0.2, -0.15) is 5.26 Å². The monoisotopic (exact) mass is 288 g/mol. The lowest BCUT2D eigenvalue weighted by molar-refractivity contribution is -0.138. The number of nitrogens with zero attached hydrogens (tertiary/aromatic N) is 1. The maximum absolute atomic E-state index is 11.7. The summed E-state index contributed by atoms with van der Waals surface area (Å²) in [5.41, 5.74) is 0.619. The Morgan fingerprint density at radius 3 is 2.76 bits per heavy atom. The molecule has 1 aliphatic rings. The van der Waals surface area contributed by atoms with Gasteiger partial charge in [-0.3, -0.25) is 0 Å². The first-order valence-electron chi connectivity index (χ1n) is 6.61. The first-order chi connectivity index (χ1) is 10.2. The molecular weight excluding hydrogens is 272 g/mol. The zero-order chi connectivity index (χ0) is 15.2. The van der Waals surface area contributed by atoms with E-state index < -0.39 is 18.1 Å². The summed E-state index contributed by atoms with van der Waals surface area (Å²) in [6, 6.07) is 10.6. The number of aliphatic hydroxyl groups excluding tert-OH is 1. The summed E-state index contributed by atoms with van der Waals surface area (Å²) in [7, 11) is 0. The van der Waals surface area contributed by atoms with Gasteiger partial charge in [-0.25, -0.2) is 4.79 Å². The average Bonchev–Trinajstić information content (AvgIpc) is 2.93. The fourth-order valence-corrected chi connectivity index (χ4v) is 2.10. The van der Waals surface area contributed by atoms with Gasteiger partial charge in [-0.1, -0.05) is 30.3 Å². The van der Waals surface area contributed by atoms with Crippen molar-refractivity contribution in [2.24, 2.45) is 0 Å². The van der Waals surface area contributed by atoms with E-state index in [0.717, 1.165) is 5.56 Å². The van der Waals surface area contributed by atoms with E-state index in [1.165, 1.54) is 0 Å². The molecule has 0 aromatic heterocycles. The minimum atomic E-state index is -0.743. The lowest BCUT2D eigenvalue weighted by atomic mass is 10.0. The number of carbonyl (C=O) groups excluding carboxylic acids is 1. The SMILES string of the molecule is CCOC(=O)/C(C#N)=C1\NC(CO)C(c2ccccc2)O1. The quantitative estimate of drug-likeness (QED) is 0.488. The van der Waals surface area contributed by atoms with Crippen LogP contribution in [0.1, 0.15) is 18.6 Å². The molecule has 110 valence electrons. The molecule has 21 heavy (non-hydrogen) atoms. The average molecular weight is 288 g/mol. The van der Waals surface area contributed by atoms with Gasteiger partial charge in [0, 0.05) is 0 Å². The van der Waals surface area contributed by atoms with Gasteiger partial charge >= 0.3 is 5.97 Å². The van der Waals surface area contributed by atoms with Crippen LogP contribution in [-0.2, 0) is 14.3 Å². The van der Waals surface area contributed by atoms with Crippen molar-refractivity contribution in [1.29, 1.82) is 5.26 Å². The van der Waals surface area contributed by atoms with Gasteiger partial charge in [0.15, 0.2) is 5.57 Å². The second kappa shape index (κ2) is 6.77. The van der Waals surface area contributed by atoms with Gasteiger partial charge < -0.3 is 19.9 Å². The van der Waals surface area contributed by atoms with E-state index in [9.17, 15) is 9.90 Å². The molecule has 0 bridgehead atoms. The summed E-state index contributed by atoms with van der Waals surface area (Å²) in [6.07, 6.45) is -0.469. The number of nitrogens with one attached hydrogen (secondary N) is 1. The molecule has 0 spiro atoms. The number of nitriles is 1. The van der Waals surface area contributed by atoms with Crippen molar-refractivity contribution in [3.05, 3.63) is 47.4 Å². The lowest BCUT2D eigenvalue weighted by Gasteiger charge is -2.15. The van der Waals surface area contributed by atoms with Crippen molar-refractivity contribution in [3.63, 3.8) is 0 Å². The molecule has 2 rings (SSSR count). The lowest BCUT2D eigenvalue weighted by Crippen LogP contribution is -2.29. The number of hydrogen-bond acceptors (Lipinski definition) is 6. The zero-order valence-electron chi connectivity index (χ0n) is 11.6. The highest BCUT2D eigenvalue weighted by atomic mass is 16.5. The number of carbonyl (C=O) groups is 1. The third-order valence-corrected chi connectivity index (χ3v) is 3.07. The van der Waals surface area contributed by atoms with Crippen molar-refractivity contribution in [2.45, 2.75) is 19.1 Å². The molecular formula is C15H16N2O4. The number of esters is 1. The van der Waals surface area contributed by atoms with Gasteiger partial charge in [0.1, 0.15) is 12.2 Å². The third kappa shape index (κ3) is 3.15. The van der Waals surface area contributed by atoms with Crippen molar-refractivity contribution in [2.75, 3.05) is 13.2 Å². The van der Waals surface area contributed by atoms with Gasteiger partial charge in [-0.15, -0.1) is 0 Å². The first kappa shape index (κ1) is 14.9. The highest BCUT2D eigenvalue weighted by molar-refractivity contribution is 5.93. The molecule has 1 saturated heterocycles. The topological polar surface area (TPSA) is 91.6 Å². The van der Waals surface area contributed by atoms with Gasteiger partial charge in [-0.05, 0) is 12.5 Å². The van der Waals surface area contributed by atoms with Crippen LogP contribution in [0.3, 0.4) is 0 Å². The number of aliphatic hydroxyl groups is 1. The molecule has 6 heteroatoms. The van der Waals surface area contributed by atoms with Crippen LogP contribution in [0.2, 0.25) is 0 Å². The number of rotatable bonds is 4. The summed E-state index contributed by atoms with van der Waals surface area (Å²) in [6.45, 7) is 1.64. The normalized spacial score (nSPS) is 22.7. The molecule has 2 unspecified atom stereocenters. The van der Waals surface area contributed by atoms with E-state index >= 15 is 0 Å². The third-order valence-electron chi connectivity index (χ3n) is 3.07. The molecule has 2 N–H and O–H groups in total. The Hall–Kier alpha value is -2.52. The molecule has 6 nitrogen and oxygen atoms in total. The summed E-state index contributed by atoms with van der Waals surface area (Å²) in [4.78, 5) is 11.7. The molecule has 0 aliphatic carbocycles. The summed E-state index contributed by atoms with van der Waals surface area (Å²) in [5, 5.41) is 21.4. The second-order valence-corrected chi connectivity index (χ2v) is 4.42. The molecule has 0 saturated carbocycles. The predicted molar refractivity (Wildman–Crippen MR) is 73.5 cm³/mol. The molecule has 1 aliphatic heterocycles. The highest BCUT2D eigenvalue weighted by Gasteiger charge is 2.35. The van der Waals surface area contributed by atoms with Crippen LogP contribution in [0.15, 0.2) is 41.8 Å². The van der Waals surface area contributed by atoms with E-state index in [-0.39, 0.29) is 24.7 Å². The van der Waals surface area contributed by atoms with Gasteiger partial charge in [0.05, 0.1) is 19.3 Å². The molecule has 1 aromatic rings. The molecule has 1 fully saturated rings. The Balaban J connectivity index is 2.29. The van der Waals surface area contributed by atoms with Crippen LogP contribution in [-0.4, -0.2) is 30.3 Å². The maximum Gasteiger partial charge on any atom is 0.354 e. The minimum Gasteiger partial charge on any atom is -0.468 e. The highest BCUT2D eigenvalue weighted by Crippen LogP contribution is 2.31. The maximum atomic E-state index is 11.7. The summed E-state index contributed by atoms with van der Waals surface area (Å²) < 4.78 is 10.5. The van der Waals surface area contributed by atoms with Crippen molar-refractivity contribution in [1.82, 2.24) is 5.32 Å². The second-order valence-electron chi connectivity index (χ2n) is 4.42. The standard InChI is InChI=1S/C15H16N2O4/c1-2-20-15(19)11(8-16)14-17-12(9-18)13(21-14)10-6-4-3-5-7-10/h3-7,12-13,17-18H,2,9H2,1H3/b14-11+. The minimum absolute atomic E-state index is 0.0452. The Morgan fingerprint density at radius 1 is 1.48 bits per heavy atom. The van der Waals surface area contributed by atoms with E-state index in [2.05, 4.69) is 5.32 Å². The smallest absolute Gasteiger partial charge is 0.354 e. The number of benzene rings is 1. The fraction of sp³-hybridized carbons (Fsp3) is 0.333. The molecule has 2 atom stereocenters. The van der Waals surface area contributed by atoms with E-state index in [1.54, 1.807) is 13.0 Å². The first-order valence-corrected chi connectivity index (χ1v) is 6.61. The van der Waals surface area contributed by atoms with Crippen LogP contribution in [0.5, 0.6) is 0 Å². The molecule has 1 heterocycles. The predicted octanol–water partition coefficient (Wildman–Crippen LogP) is 1.01. The summed E-state index contributed by atoms with van der Waals surface area (Å²) >= 11 is 0. The number of ether oxygens (including phenoxy) is 2. The van der Waals surface area contributed by atoms with Gasteiger partial charge in [0.2, 0.25) is 5.88 Å². The van der Waals surface area contributed by atoms with Crippen LogP contribution in [0.25, 0.3) is 0 Å². The summed E-state index contributed by atoms with van der Waals surface area (Å²) in [5.74, 6) is -0.697. The molecule has 0 amide bonds. The Bertz CT molecular complexity index is 577. The largest absolute Gasteiger partial charge is 0.468 e. The van der Waals surface area contributed by atoms with Crippen LogP contribution in [0.4, 0.5) is 0 Å². The number of hydrogen-bond donors (Lipinski definition) is 2. The Labute approximate surface area is 122 Å². The van der Waals surface area contributed by atoms with Crippen molar-refractivity contribution in [3.8, 4) is 6.07 Å². The van der Waals surface area contributed by atoms with Crippen LogP contribution >= 0.6 is 0 Å². The van der Waals surface area contributed by atoms with Crippen LogP contribution in [0, 0.1) is 11.3 Å². The molecule has 1 aromatic carbocycles. The van der Waals surface area contributed by atoms with E-state index in [1.807, 2.05) is 30.3 Å². The Morgan fingerprint density at radius 2 is 2.19 bits per heavy atom. The van der Waals surface area contributed by atoms with E-state index in [0.29, 0.717) is 0 Å². The van der Waals surface area contributed by atoms with Crippen molar-refractivity contribution < 1.29 is 19.4 Å². The Kier molecular flexibility index (Phi) is 4.80. The van der Waals surface area contributed by atoms with Crippen molar-refractivity contribution >= 4 is 5.97 Å².